The molecule has 0 aliphatic carbocycles. The first kappa shape index (κ1) is 57.6. The monoisotopic (exact) mass is 849 g/mol. The highest BCUT2D eigenvalue weighted by Gasteiger charge is 2.19. The van der Waals surface area contributed by atoms with Gasteiger partial charge in [-0.05, 0) is 89.9 Å². The lowest BCUT2D eigenvalue weighted by molar-refractivity contribution is -0.167. The molecule has 0 N–H and O–H groups in total. The SMILES string of the molecule is CC\C=C/C=C\C=C/C=C\CCCCCC(=O)OCC(COC(=O)CCCCCCCC/C=C\C=C/CCCCC)OC(=O)CCCCCCCCC/C=C\CCCCCC. The van der Waals surface area contributed by atoms with Crippen LogP contribution in [-0.2, 0) is 28.6 Å². The summed E-state index contributed by atoms with van der Waals surface area (Å²) in [5.74, 6) is -0.956. The number of esters is 3. The molecule has 0 rings (SSSR count). The quantitative estimate of drug-likeness (QED) is 0.0200. The van der Waals surface area contributed by atoms with E-state index in [1.54, 1.807) is 0 Å². The standard InChI is InChI=1S/C55H92O6/c1-4-7-10-13-16-19-22-25-27-30-33-36-39-42-45-48-54(57)60-51-52(50-59-53(56)47-44-41-38-35-32-29-24-21-18-15-12-9-6-3)61-55(58)49-46-43-40-37-34-31-28-26-23-20-17-14-11-8-5-2/h9,12,15-16,18-25,29,32,52H,4-8,10-11,13-14,17,26-28,30-31,33-51H2,1-3H3/b12-9-,18-15-,19-16-,23-20-,24-21-,25-22-,32-29-. The Morgan fingerprint density at radius 2 is 0.656 bits per heavy atom. The van der Waals surface area contributed by atoms with Crippen molar-refractivity contribution in [3.05, 3.63) is 85.1 Å². The van der Waals surface area contributed by atoms with Gasteiger partial charge in [0.15, 0.2) is 6.10 Å². The van der Waals surface area contributed by atoms with E-state index in [4.69, 9.17) is 14.2 Å². The van der Waals surface area contributed by atoms with Gasteiger partial charge in [0, 0.05) is 19.3 Å². The molecule has 61 heavy (non-hydrogen) atoms. The zero-order chi connectivity index (χ0) is 44.4. The predicted molar refractivity (Wildman–Crippen MR) is 261 cm³/mol. The molecule has 0 fully saturated rings. The molecule has 6 nitrogen and oxygen atoms in total. The van der Waals surface area contributed by atoms with E-state index < -0.39 is 6.10 Å². The van der Waals surface area contributed by atoms with Gasteiger partial charge >= 0.3 is 17.9 Å². The molecule has 0 aliphatic heterocycles. The van der Waals surface area contributed by atoms with Gasteiger partial charge in [-0.2, -0.15) is 0 Å². The van der Waals surface area contributed by atoms with Crippen LogP contribution in [0.1, 0.15) is 226 Å². The van der Waals surface area contributed by atoms with Crippen molar-refractivity contribution >= 4 is 17.9 Å². The van der Waals surface area contributed by atoms with Crippen LogP contribution >= 0.6 is 0 Å². The fourth-order valence-electron chi connectivity index (χ4n) is 6.67. The molecule has 0 aromatic carbocycles. The van der Waals surface area contributed by atoms with E-state index in [1.807, 2.05) is 36.5 Å². The normalized spacial score (nSPS) is 12.8. The molecule has 0 aromatic heterocycles. The van der Waals surface area contributed by atoms with Crippen LogP contribution in [0, 0.1) is 0 Å². The van der Waals surface area contributed by atoms with Crippen LogP contribution in [0.25, 0.3) is 0 Å². The average Bonchev–Trinajstić information content (AvgIpc) is 3.26. The first-order valence-corrected chi connectivity index (χ1v) is 25.2. The molecular weight excluding hydrogens is 757 g/mol. The average molecular weight is 849 g/mol. The van der Waals surface area contributed by atoms with E-state index in [2.05, 4.69) is 69.4 Å². The third-order valence-corrected chi connectivity index (χ3v) is 10.5. The Morgan fingerprint density at radius 1 is 0.344 bits per heavy atom. The van der Waals surface area contributed by atoms with Crippen molar-refractivity contribution < 1.29 is 28.6 Å². The number of ether oxygens (including phenoxy) is 3. The van der Waals surface area contributed by atoms with Gasteiger partial charge in [-0.15, -0.1) is 0 Å². The molecule has 0 aliphatic rings. The lowest BCUT2D eigenvalue weighted by atomic mass is 10.1. The van der Waals surface area contributed by atoms with Crippen LogP contribution in [0.5, 0.6) is 0 Å². The van der Waals surface area contributed by atoms with Crippen molar-refractivity contribution in [1.29, 1.82) is 0 Å². The summed E-state index contributed by atoms with van der Waals surface area (Å²) in [5.41, 5.74) is 0. The number of allylic oxidation sites excluding steroid dienone is 14. The smallest absolute Gasteiger partial charge is 0.306 e. The first-order valence-electron chi connectivity index (χ1n) is 25.2. The highest BCUT2D eigenvalue weighted by atomic mass is 16.6. The molecule has 0 radical (unpaired) electrons. The number of carbonyl (C=O) groups is 3. The Morgan fingerprint density at radius 3 is 1.11 bits per heavy atom. The summed E-state index contributed by atoms with van der Waals surface area (Å²) in [5, 5.41) is 0. The van der Waals surface area contributed by atoms with Gasteiger partial charge in [-0.1, -0.05) is 202 Å². The largest absolute Gasteiger partial charge is 0.462 e. The number of hydrogen-bond donors (Lipinski definition) is 0. The molecular formula is C55H92O6. The zero-order valence-corrected chi connectivity index (χ0v) is 39.7. The van der Waals surface area contributed by atoms with Crippen LogP contribution in [0.3, 0.4) is 0 Å². The summed E-state index contributed by atoms with van der Waals surface area (Å²) in [4.78, 5) is 37.9. The number of unbranched alkanes of at least 4 members (excludes halogenated alkanes) is 23. The summed E-state index contributed by atoms with van der Waals surface area (Å²) in [7, 11) is 0. The van der Waals surface area contributed by atoms with E-state index >= 15 is 0 Å². The third kappa shape index (κ3) is 47.5. The van der Waals surface area contributed by atoms with Gasteiger partial charge in [0.1, 0.15) is 13.2 Å². The van der Waals surface area contributed by atoms with Crippen LogP contribution in [0.2, 0.25) is 0 Å². The van der Waals surface area contributed by atoms with Gasteiger partial charge in [-0.25, -0.2) is 0 Å². The van der Waals surface area contributed by atoms with Crippen LogP contribution in [0.15, 0.2) is 85.1 Å². The van der Waals surface area contributed by atoms with Crippen LogP contribution in [-0.4, -0.2) is 37.2 Å². The lowest BCUT2D eigenvalue weighted by Crippen LogP contribution is -2.30. The molecule has 348 valence electrons. The van der Waals surface area contributed by atoms with Crippen LogP contribution < -0.4 is 0 Å². The van der Waals surface area contributed by atoms with E-state index in [1.165, 1.54) is 109 Å². The first-order chi connectivity index (χ1) is 30.0. The van der Waals surface area contributed by atoms with Crippen molar-refractivity contribution in [1.82, 2.24) is 0 Å². The topological polar surface area (TPSA) is 78.9 Å². The van der Waals surface area contributed by atoms with Crippen molar-refractivity contribution in [3.8, 4) is 0 Å². The minimum absolute atomic E-state index is 0.0979. The predicted octanol–water partition coefficient (Wildman–Crippen LogP) is 16.4. The maximum atomic E-state index is 12.8. The highest BCUT2D eigenvalue weighted by molar-refractivity contribution is 5.71. The van der Waals surface area contributed by atoms with Crippen LogP contribution in [0.4, 0.5) is 0 Å². The summed E-state index contributed by atoms with van der Waals surface area (Å²) in [6.07, 6.45) is 62.7. The molecule has 0 saturated carbocycles. The molecule has 0 bridgehead atoms. The fourth-order valence-corrected chi connectivity index (χ4v) is 6.67. The van der Waals surface area contributed by atoms with Gasteiger partial charge in [0.05, 0.1) is 0 Å². The summed E-state index contributed by atoms with van der Waals surface area (Å²) < 4.78 is 16.7. The maximum absolute atomic E-state index is 12.8. The molecule has 6 heteroatoms. The van der Waals surface area contributed by atoms with Crippen molar-refractivity contribution in [2.45, 2.75) is 232 Å². The highest BCUT2D eigenvalue weighted by Crippen LogP contribution is 2.14. The Balaban J connectivity index is 4.47. The number of rotatable bonds is 44. The van der Waals surface area contributed by atoms with Gasteiger partial charge in [0.2, 0.25) is 0 Å². The second kappa shape index (κ2) is 49.2. The summed E-state index contributed by atoms with van der Waals surface area (Å²) >= 11 is 0. The summed E-state index contributed by atoms with van der Waals surface area (Å²) in [6.45, 7) is 6.40. The van der Waals surface area contributed by atoms with E-state index in [0.29, 0.717) is 19.3 Å². The second-order valence-electron chi connectivity index (χ2n) is 16.5. The minimum atomic E-state index is -0.799. The molecule has 0 aromatic rings. The van der Waals surface area contributed by atoms with Gasteiger partial charge < -0.3 is 14.2 Å². The molecule has 0 amide bonds. The number of hydrogen-bond acceptors (Lipinski definition) is 6. The Hall–Kier alpha value is -3.41. The minimum Gasteiger partial charge on any atom is -0.462 e. The second-order valence-corrected chi connectivity index (χ2v) is 16.5. The van der Waals surface area contributed by atoms with Crippen molar-refractivity contribution in [2.75, 3.05) is 13.2 Å². The molecule has 0 heterocycles. The fraction of sp³-hybridized carbons (Fsp3) is 0.691. The molecule has 1 atom stereocenters. The van der Waals surface area contributed by atoms with E-state index in [9.17, 15) is 14.4 Å². The van der Waals surface area contributed by atoms with Gasteiger partial charge in [-0.3, -0.25) is 14.4 Å². The Labute approximate surface area is 375 Å². The Kier molecular flexibility index (Phi) is 46.5. The molecule has 0 saturated heterocycles. The molecule has 0 spiro atoms. The zero-order valence-electron chi connectivity index (χ0n) is 39.7. The lowest BCUT2D eigenvalue weighted by Gasteiger charge is -2.18. The summed E-state index contributed by atoms with van der Waals surface area (Å²) in [6, 6.07) is 0. The molecule has 1 unspecified atom stereocenters. The number of carbonyl (C=O) groups excluding carboxylic acids is 3. The van der Waals surface area contributed by atoms with Crippen molar-refractivity contribution in [2.24, 2.45) is 0 Å². The third-order valence-electron chi connectivity index (χ3n) is 10.5. The van der Waals surface area contributed by atoms with E-state index in [-0.39, 0.29) is 31.1 Å². The van der Waals surface area contributed by atoms with E-state index in [0.717, 1.165) is 77.0 Å². The van der Waals surface area contributed by atoms with Crippen molar-refractivity contribution in [3.63, 3.8) is 0 Å². The maximum Gasteiger partial charge on any atom is 0.306 e. The van der Waals surface area contributed by atoms with Gasteiger partial charge in [0.25, 0.3) is 0 Å². The Bertz CT molecular complexity index is 1200.